The molecule has 9 aromatic rings. The summed E-state index contributed by atoms with van der Waals surface area (Å²) in [6.07, 6.45) is 34.1. The van der Waals surface area contributed by atoms with Gasteiger partial charge in [-0.05, 0) is 195 Å². The van der Waals surface area contributed by atoms with Crippen LogP contribution in [0.5, 0.6) is 0 Å². The molecule has 0 aliphatic heterocycles. The van der Waals surface area contributed by atoms with E-state index in [1.165, 1.54) is 104 Å². The van der Waals surface area contributed by atoms with Crippen LogP contribution in [0.1, 0.15) is 368 Å². The molecule has 0 aromatic heterocycles. The predicted molar refractivity (Wildman–Crippen MR) is 569 cm³/mol. The summed E-state index contributed by atoms with van der Waals surface area (Å²) < 4.78 is 0. The molecule has 7 unspecified atom stereocenters. The normalized spacial score (nSPS) is 11.2. The van der Waals surface area contributed by atoms with Gasteiger partial charge in [0.2, 0.25) is 0 Å². The summed E-state index contributed by atoms with van der Waals surface area (Å²) in [5.74, 6) is 6.59. The first-order chi connectivity index (χ1) is 52.4. The van der Waals surface area contributed by atoms with Gasteiger partial charge >= 0.3 is 0 Å². The average molecular weight is 1630 g/mol. The van der Waals surface area contributed by atoms with E-state index in [4.69, 9.17) is 6.42 Å². The summed E-state index contributed by atoms with van der Waals surface area (Å²) in [5, 5.41) is 0. The molecule has 9 rings (SSSR count). The van der Waals surface area contributed by atoms with Crippen molar-refractivity contribution in [2.45, 2.75) is 318 Å². The van der Waals surface area contributed by atoms with Crippen molar-refractivity contribution >= 4 is 11.1 Å². The molecule has 0 amide bonds. The third kappa shape index (κ3) is 63.5. The van der Waals surface area contributed by atoms with Crippen LogP contribution in [0, 0.1) is 18.3 Å². The van der Waals surface area contributed by atoms with Gasteiger partial charge in [0.15, 0.2) is 0 Å². The molecule has 9 aromatic carbocycles. The molecule has 120 heavy (non-hydrogen) atoms. The molecule has 0 bridgehead atoms. The predicted octanol–water partition coefficient (Wildman–Crippen LogP) is 41.0. The van der Waals surface area contributed by atoms with Crippen LogP contribution in [0.4, 0.5) is 0 Å². The highest BCUT2D eigenvalue weighted by Gasteiger charge is 2.23. The van der Waals surface area contributed by atoms with Crippen LogP contribution in [-0.2, 0) is 0 Å². The Morgan fingerprint density at radius 1 is 0.350 bits per heavy atom. The third-order valence-corrected chi connectivity index (χ3v) is 18.2. The van der Waals surface area contributed by atoms with Crippen molar-refractivity contribution in [3.8, 4) is 12.3 Å². The molecule has 0 spiro atoms. The zero-order valence-electron chi connectivity index (χ0n) is 69.9. The molecule has 0 aliphatic carbocycles. The lowest BCUT2D eigenvalue weighted by Crippen LogP contribution is -2.08. The van der Waals surface area contributed by atoms with Gasteiger partial charge < -0.3 is 0 Å². The Morgan fingerprint density at radius 3 is 0.850 bits per heavy atom. The summed E-state index contributed by atoms with van der Waals surface area (Å²) in [6.45, 7) is 51.8. The lowest BCUT2D eigenvalue weighted by atomic mass is 9.80. The second kappa shape index (κ2) is 90.2. The molecule has 0 N–H and O–H groups in total. The highest BCUT2D eigenvalue weighted by molar-refractivity contribution is 5.65. The zero-order valence-corrected chi connectivity index (χ0v) is 69.9. The largest absolute Gasteiger partial charge is 0.120 e. The minimum atomic E-state index is 0. The fourth-order valence-corrected chi connectivity index (χ4v) is 12.6. The van der Waals surface area contributed by atoms with Gasteiger partial charge in [-0.25, -0.2) is 0 Å². The quantitative estimate of drug-likeness (QED) is 0.0311. The molecule has 0 nitrogen and oxygen atoms in total. The van der Waals surface area contributed by atoms with Gasteiger partial charge in [0.1, 0.15) is 0 Å². The van der Waals surface area contributed by atoms with Crippen LogP contribution in [-0.4, -0.2) is 0 Å². The molecular formula is C120H190. The molecule has 0 heterocycles. The Hall–Kier alpha value is -9.54. The van der Waals surface area contributed by atoms with Crippen molar-refractivity contribution < 1.29 is 0 Å². The molecular weight excluding hydrogens is 1440 g/mol. The fourth-order valence-electron chi connectivity index (χ4n) is 12.6. The summed E-state index contributed by atoms with van der Waals surface area (Å²) in [5.41, 5.74) is 17.4. The van der Waals surface area contributed by atoms with Crippen molar-refractivity contribution in [1.82, 2.24) is 0 Å². The topological polar surface area (TPSA) is 0 Å². The van der Waals surface area contributed by atoms with Crippen molar-refractivity contribution in [1.29, 1.82) is 0 Å². The molecule has 0 saturated carbocycles. The van der Waals surface area contributed by atoms with Crippen LogP contribution in [0.2, 0.25) is 0 Å². The molecule has 0 heteroatoms. The first-order valence-electron chi connectivity index (χ1n) is 40.5. The zero-order chi connectivity index (χ0) is 79.8. The molecule has 7 atom stereocenters. The highest BCUT2D eigenvalue weighted by Crippen LogP contribution is 2.40. The van der Waals surface area contributed by atoms with Crippen molar-refractivity contribution in [2.75, 3.05) is 0 Å². The van der Waals surface area contributed by atoms with E-state index < -0.39 is 0 Å². The number of rotatable bonds is 30. The van der Waals surface area contributed by atoms with Gasteiger partial charge in [-0.15, -0.1) is 32.1 Å². The van der Waals surface area contributed by atoms with Gasteiger partial charge in [0.05, 0.1) is 0 Å². The van der Waals surface area contributed by atoms with Crippen molar-refractivity contribution in [3.05, 3.63) is 410 Å². The van der Waals surface area contributed by atoms with E-state index in [0.717, 1.165) is 51.4 Å². The van der Waals surface area contributed by atoms with E-state index in [1.54, 1.807) is 0 Å². The lowest BCUT2D eigenvalue weighted by molar-refractivity contribution is 0.489. The summed E-state index contributed by atoms with van der Waals surface area (Å²) >= 11 is 0. The van der Waals surface area contributed by atoms with Gasteiger partial charge in [0, 0.05) is 12.3 Å². The first-order valence-corrected chi connectivity index (χ1v) is 40.5. The number of hydrogen-bond acceptors (Lipinski definition) is 0. The second-order valence-electron chi connectivity index (χ2n) is 28.1. The maximum absolute atomic E-state index is 4.78. The fraction of sp³-hybridized carbons (Fsp3) is 0.400. The Labute approximate surface area is 752 Å². The van der Waals surface area contributed by atoms with Gasteiger partial charge in [0.25, 0.3) is 0 Å². The van der Waals surface area contributed by atoms with Gasteiger partial charge in [-0.1, -0.05) is 518 Å². The van der Waals surface area contributed by atoms with Crippen LogP contribution in [0.3, 0.4) is 0 Å². The number of benzene rings is 9. The van der Waals surface area contributed by atoms with E-state index in [0.29, 0.717) is 47.3 Å². The summed E-state index contributed by atoms with van der Waals surface area (Å²) in [6, 6.07) is 97.4. The minimum Gasteiger partial charge on any atom is -0.120 e. The maximum Gasteiger partial charge on any atom is 0.00576 e. The van der Waals surface area contributed by atoms with Gasteiger partial charge in [-0.3, -0.25) is 0 Å². The Morgan fingerprint density at radius 2 is 0.608 bits per heavy atom. The van der Waals surface area contributed by atoms with Crippen LogP contribution in [0.25, 0.3) is 11.1 Å². The molecule has 0 fully saturated rings. The Bertz CT molecular complexity index is 3710. The standard InChI is InChI=1S/C30H32.C25H28.C25H26.C9H16.C6H12.C4H8.C4H6.C3H8.C2H6.12CH4/c1-3-4-5-9-22-29(27-18-12-7-13-19-27)24-30(28-20-14-8-15-21-28)23-25(2)26-16-10-6-11-17-26;2*1-20(22-12-6-3-7-13-22)18-25(24-16-10-5-11-17-24)19-21(2)23-14-8-4-9-15-23;1-5-6-9(4)7-8(2)3;1-4-5-6(2)3;2*1-3-4-2;1-3-2;1-2;;;;;;;;;;;;/h3-4,6-22,29-30H,2,5,23-24H2,1H3;3-17,20-21,25H,18-19H2,1-2H3;3-17,21,25H,1,18-19H2,2H3;5-6,9H,2,7H2,1,3-4H3;2,4-5H2,1,3H3;3H,1,4H2,2H3;1H,4H2,2H3;3H2,1-2H3;1-2H3;12*1H4/b4-3-,22-9-;;;;;;;;;;;;;;;;;;;;. The molecule has 0 radical (unpaired) electrons. The number of hydrogen-bond donors (Lipinski definition) is 0. The van der Waals surface area contributed by atoms with E-state index in [9.17, 15) is 0 Å². The van der Waals surface area contributed by atoms with E-state index in [1.807, 2.05) is 26.8 Å². The average Bonchev–Trinajstić information content (AvgIpc) is 0.873. The van der Waals surface area contributed by atoms with Gasteiger partial charge in [-0.2, -0.15) is 0 Å². The number of terminal acetylenes is 1. The minimum absolute atomic E-state index is 0. The smallest absolute Gasteiger partial charge is 0.00576 e. The van der Waals surface area contributed by atoms with Crippen molar-refractivity contribution in [3.63, 3.8) is 0 Å². The summed E-state index contributed by atoms with van der Waals surface area (Å²) in [7, 11) is 0. The second-order valence-corrected chi connectivity index (χ2v) is 28.1. The SMILES string of the molecule is C.C.C.C.C.C.C.C.C.C.C.C.C#CCC.C=C(C)CC(C)C=CC.C=C(C)CCC.C=C(CC(CC(/C=C\C/C=C\C)c1ccccc1)c1ccccc1)c1ccccc1.C=C(CC(CC(C)c1ccccc1)c1ccccc1)c1ccccc1.C=CCC.CC.CC(CC(CC(C)c1ccccc1)c1ccccc1)c1ccccc1.CCC. The van der Waals surface area contributed by atoms with Crippen molar-refractivity contribution in [2.24, 2.45) is 5.92 Å². The maximum atomic E-state index is 4.78. The van der Waals surface area contributed by atoms with Crippen LogP contribution < -0.4 is 0 Å². The highest BCUT2D eigenvalue weighted by atomic mass is 14.3. The third-order valence-electron chi connectivity index (χ3n) is 18.2. The van der Waals surface area contributed by atoms with Crippen LogP contribution >= 0.6 is 0 Å². The van der Waals surface area contributed by atoms with Crippen LogP contribution in [0.15, 0.2) is 360 Å². The molecule has 0 aliphatic rings. The Kier molecular flexibility index (Phi) is 103. The molecule has 0 saturated heterocycles. The summed E-state index contributed by atoms with van der Waals surface area (Å²) in [4.78, 5) is 0. The first kappa shape index (κ1) is 137. The van der Waals surface area contributed by atoms with E-state index in [2.05, 4.69) is 431 Å². The molecule has 670 valence electrons. The van der Waals surface area contributed by atoms with E-state index in [-0.39, 0.29) is 89.1 Å². The monoisotopic (exact) mass is 1630 g/mol. The van der Waals surface area contributed by atoms with E-state index >= 15 is 0 Å². The lowest BCUT2D eigenvalue weighted by Gasteiger charge is -2.25. The Balaban J connectivity index is -0.000000121. The number of allylic oxidation sites excluding steroid dienone is 11.